The van der Waals surface area contributed by atoms with Gasteiger partial charge in [-0.05, 0) is 21.0 Å². The average molecular weight is 272 g/mol. The fourth-order valence-corrected chi connectivity index (χ4v) is 2.33. The maximum Gasteiger partial charge on any atom is 0.320 e. The van der Waals surface area contributed by atoms with Crippen molar-refractivity contribution in [1.82, 2.24) is 9.32 Å². The molecule has 7 heteroatoms. The quantitative estimate of drug-likeness (QED) is 0.824. The number of hydrogen-bond donors (Lipinski definition) is 2. The molecule has 0 aliphatic rings. The molecule has 0 aromatic carbocycles. The van der Waals surface area contributed by atoms with Crippen molar-refractivity contribution in [3.63, 3.8) is 0 Å². The first-order valence-corrected chi connectivity index (χ1v) is 5.78. The summed E-state index contributed by atoms with van der Waals surface area (Å²) < 4.78 is 1.73. The van der Waals surface area contributed by atoms with E-state index in [1.54, 1.807) is 22.8 Å². The predicted octanol–water partition coefficient (Wildman–Crippen LogP) is 1.28. The number of carboxylic acid groups (broad SMARTS) is 1. The standard InChI is InChI=1S/C10H11ClN3O2P/c11-6-1-2-13-9-8(6)5(4-14(9)17)3-7(12)10(15)16/h1-2,4,7H,3,12,17H2,(H,15,16). The van der Waals surface area contributed by atoms with Gasteiger partial charge >= 0.3 is 5.97 Å². The summed E-state index contributed by atoms with van der Waals surface area (Å²) in [6.45, 7) is 0. The Bertz CT molecular complexity index is 584. The van der Waals surface area contributed by atoms with E-state index in [0.29, 0.717) is 10.7 Å². The Balaban J connectivity index is 2.51. The highest BCUT2D eigenvalue weighted by Gasteiger charge is 2.17. The van der Waals surface area contributed by atoms with Crippen LogP contribution in [-0.2, 0) is 11.2 Å². The monoisotopic (exact) mass is 271 g/mol. The minimum Gasteiger partial charge on any atom is -0.480 e. The molecule has 0 radical (unpaired) electrons. The van der Waals surface area contributed by atoms with Gasteiger partial charge in [-0.3, -0.25) is 4.79 Å². The van der Waals surface area contributed by atoms with Crippen LogP contribution >= 0.6 is 21.0 Å². The number of nitrogens with zero attached hydrogens (tertiary/aromatic N) is 2. The van der Waals surface area contributed by atoms with Crippen LogP contribution in [0.4, 0.5) is 0 Å². The molecule has 2 rings (SSSR count). The fraction of sp³-hybridized carbons (Fsp3) is 0.200. The van der Waals surface area contributed by atoms with Crippen LogP contribution in [0.2, 0.25) is 5.02 Å². The van der Waals surface area contributed by atoms with Crippen molar-refractivity contribution in [3.05, 3.63) is 29.0 Å². The highest BCUT2D eigenvalue weighted by Crippen LogP contribution is 2.28. The van der Waals surface area contributed by atoms with E-state index in [1.165, 1.54) is 0 Å². The third-order valence-electron chi connectivity index (χ3n) is 2.50. The second kappa shape index (κ2) is 4.61. The van der Waals surface area contributed by atoms with E-state index in [4.69, 9.17) is 22.4 Å². The third-order valence-corrected chi connectivity index (χ3v) is 3.21. The first-order chi connectivity index (χ1) is 8.00. The third kappa shape index (κ3) is 2.27. The first-order valence-electron chi connectivity index (χ1n) is 4.88. The van der Waals surface area contributed by atoms with E-state index in [1.807, 2.05) is 0 Å². The summed E-state index contributed by atoms with van der Waals surface area (Å²) in [4.78, 5) is 14.9. The molecular formula is C10H11ClN3O2P. The van der Waals surface area contributed by atoms with Crippen molar-refractivity contribution in [2.24, 2.45) is 5.73 Å². The molecule has 90 valence electrons. The summed E-state index contributed by atoms with van der Waals surface area (Å²) in [6.07, 6.45) is 3.60. The lowest BCUT2D eigenvalue weighted by Gasteiger charge is -2.05. The Hall–Kier alpha value is -1.16. The molecule has 2 unspecified atom stereocenters. The zero-order valence-corrected chi connectivity index (χ0v) is 10.7. The molecule has 0 spiro atoms. The molecule has 2 aromatic rings. The van der Waals surface area contributed by atoms with Crippen molar-refractivity contribution in [1.29, 1.82) is 0 Å². The lowest BCUT2D eigenvalue weighted by atomic mass is 10.1. The summed E-state index contributed by atoms with van der Waals surface area (Å²) in [5.74, 6) is -1.03. The molecule has 3 N–H and O–H groups in total. The topological polar surface area (TPSA) is 81.1 Å². The number of carboxylic acids is 1. The van der Waals surface area contributed by atoms with Gasteiger partial charge in [-0.15, -0.1) is 0 Å². The van der Waals surface area contributed by atoms with E-state index >= 15 is 0 Å². The molecule has 0 aliphatic heterocycles. The summed E-state index contributed by atoms with van der Waals surface area (Å²) >= 11 is 6.09. The van der Waals surface area contributed by atoms with E-state index in [9.17, 15) is 4.79 Å². The van der Waals surface area contributed by atoms with Gasteiger partial charge in [0.1, 0.15) is 11.7 Å². The number of fused-ring (bicyclic) bond motifs is 1. The molecule has 0 amide bonds. The molecule has 0 saturated carbocycles. The van der Waals surface area contributed by atoms with E-state index < -0.39 is 12.0 Å². The lowest BCUT2D eigenvalue weighted by molar-refractivity contribution is -0.138. The smallest absolute Gasteiger partial charge is 0.320 e. The van der Waals surface area contributed by atoms with Crippen LogP contribution in [-0.4, -0.2) is 26.4 Å². The summed E-state index contributed by atoms with van der Waals surface area (Å²) in [5, 5.41) is 10.1. The average Bonchev–Trinajstić information content (AvgIpc) is 2.57. The summed E-state index contributed by atoms with van der Waals surface area (Å²) in [5.41, 5.74) is 6.99. The highest BCUT2D eigenvalue weighted by molar-refractivity contribution is 7.14. The molecule has 0 bridgehead atoms. The van der Waals surface area contributed by atoms with E-state index in [2.05, 4.69) is 14.4 Å². The number of nitrogens with two attached hydrogens (primary N) is 1. The minimum absolute atomic E-state index is 0.221. The molecule has 17 heavy (non-hydrogen) atoms. The normalized spacial score (nSPS) is 12.9. The fourth-order valence-electron chi connectivity index (χ4n) is 1.69. The van der Waals surface area contributed by atoms with Gasteiger partial charge in [-0.1, -0.05) is 11.6 Å². The molecule has 2 aromatic heterocycles. The van der Waals surface area contributed by atoms with Crippen LogP contribution in [0.25, 0.3) is 11.0 Å². The molecule has 5 nitrogen and oxygen atoms in total. The summed E-state index contributed by atoms with van der Waals surface area (Å²) in [6, 6.07) is 0.728. The molecule has 0 aliphatic carbocycles. The zero-order chi connectivity index (χ0) is 12.6. The van der Waals surface area contributed by atoms with Gasteiger partial charge in [0.25, 0.3) is 0 Å². The van der Waals surface area contributed by atoms with Crippen molar-refractivity contribution >= 4 is 38.0 Å². The maximum absolute atomic E-state index is 10.7. The van der Waals surface area contributed by atoms with Gasteiger partial charge in [0.2, 0.25) is 0 Å². The SMILES string of the molecule is NC(Cc1cn(P)c2nccc(Cl)c12)C(=O)O. The van der Waals surface area contributed by atoms with Gasteiger partial charge in [0.05, 0.1) is 5.02 Å². The van der Waals surface area contributed by atoms with Crippen LogP contribution in [0.5, 0.6) is 0 Å². The van der Waals surface area contributed by atoms with Crippen molar-refractivity contribution in [2.45, 2.75) is 12.5 Å². The maximum atomic E-state index is 10.7. The van der Waals surface area contributed by atoms with Crippen LogP contribution in [0, 0.1) is 0 Å². The molecule has 2 heterocycles. The Morgan fingerprint density at radius 1 is 1.71 bits per heavy atom. The number of rotatable bonds is 3. The van der Waals surface area contributed by atoms with Crippen LogP contribution in [0.15, 0.2) is 18.5 Å². The number of halogens is 1. The van der Waals surface area contributed by atoms with Crippen LogP contribution in [0.3, 0.4) is 0 Å². The molecule has 0 saturated heterocycles. The molecular weight excluding hydrogens is 261 g/mol. The Morgan fingerprint density at radius 2 is 2.41 bits per heavy atom. The predicted molar refractivity (Wildman–Crippen MR) is 69.2 cm³/mol. The van der Waals surface area contributed by atoms with Gasteiger partial charge in [0.15, 0.2) is 0 Å². The molecule has 2 atom stereocenters. The number of hydrogen-bond acceptors (Lipinski definition) is 3. The van der Waals surface area contributed by atoms with Crippen molar-refractivity contribution in [3.8, 4) is 0 Å². The number of pyridine rings is 1. The Morgan fingerprint density at radius 3 is 3.06 bits per heavy atom. The van der Waals surface area contributed by atoms with Crippen LogP contribution in [0.1, 0.15) is 5.56 Å². The Labute approximate surface area is 105 Å². The number of aliphatic carboxylic acids is 1. The Kier molecular flexibility index (Phi) is 3.33. The number of carbonyl (C=O) groups is 1. The number of aromatic nitrogens is 2. The van der Waals surface area contributed by atoms with E-state index in [0.717, 1.165) is 10.9 Å². The van der Waals surface area contributed by atoms with E-state index in [-0.39, 0.29) is 6.42 Å². The first kappa shape index (κ1) is 12.3. The van der Waals surface area contributed by atoms with Gasteiger partial charge in [-0.25, -0.2) is 4.98 Å². The van der Waals surface area contributed by atoms with Crippen molar-refractivity contribution < 1.29 is 9.90 Å². The minimum atomic E-state index is -1.03. The largest absolute Gasteiger partial charge is 0.480 e. The summed E-state index contributed by atoms with van der Waals surface area (Å²) in [7, 11) is 2.48. The van der Waals surface area contributed by atoms with Gasteiger partial charge < -0.3 is 15.2 Å². The lowest BCUT2D eigenvalue weighted by Crippen LogP contribution is -2.32. The second-order valence-electron chi connectivity index (χ2n) is 3.70. The van der Waals surface area contributed by atoms with Crippen LogP contribution < -0.4 is 5.73 Å². The van der Waals surface area contributed by atoms with Gasteiger partial charge in [-0.2, -0.15) is 0 Å². The zero-order valence-electron chi connectivity index (χ0n) is 8.80. The van der Waals surface area contributed by atoms with Crippen molar-refractivity contribution in [2.75, 3.05) is 0 Å². The molecule has 0 fully saturated rings. The highest BCUT2D eigenvalue weighted by atomic mass is 35.5. The second-order valence-corrected chi connectivity index (χ2v) is 4.67. The van der Waals surface area contributed by atoms with Gasteiger partial charge in [0, 0.05) is 24.2 Å².